The predicted octanol–water partition coefficient (Wildman–Crippen LogP) is -7.67. The van der Waals surface area contributed by atoms with Gasteiger partial charge in [-0.2, -0.15) is 0 Å². The molecule has 0 aromatic carbocycles. The molecule has 0 amide bonds. The fraction of sp³-hybridized carbons (Fsp3) is 0.750. The molecule has 0 saturated carbocycles. The summed E-state index contributed by atoms with van der Waals surface area (Å²) in [6.07, 6.45) is -3.12. The van der Waals surface area contributed by atoms with Gasteiger partial charge in [0.05, 0.1) is 54.3 Å². The van der Waals surface area contributed by atoms with Crippen molar-refractivity contribution in [1.82, 2.24) is 0 Å². The van der Waals surface area contributed by atoms with Crippen molar-refractivity contribution in [2.75, 3.05) is 0 Å². The molecule has 1 radical (unpaired) electrons. The molecule has 0 aliphatic carbocycles. The van der Waals surface area contributed by atoms with Gasteiger partial charge < -0.3 is 62.2 Å². The monoisotopic (exact) mass is 410 g/mol. The topological polar surface area (TPSA) is 259 Å². The second-order valence-corrected chi connectivity index (χ2v) is 4.76. The van der Waals surface area contributed by atoms with Crippen LogP contribution in [0.15, 0.2) is 0 Å². The number of nitrogens with two attached hydrogens (primary N) is 3. The van der Waals surface area contributed by atoms with Gasteiger partial charge in [0.15, 0.2) is 0 Å². The Morgan fingerprint density at radius 2 is 0.760 bits per heavy atom. The van der Waals surface area contributed by atoms with Crippen molar-refractivity contribution in [2.24, 2.45) is 17.2 Å². The summed E-state index contributed by atoms with van der Waals surface area (Å²) >= 11 is 0. The standard InChI is InChI=1S/3C4H9NO3.Fe/c3*1-2(6)3(5)4(7)8;/h3*2-3,6H,5H2,1H3,(H,7,8);/q;;;+3/p-3/t3*2-,3+;/m111./s1. The van der Waals surface area contributed by atoms with Crippen LogP contribution in [-0.4, -0.2) is 69.7 Å². The van der Waals surface area contributed by atoms with Gasteiger partial charge in [-0.25, -0.2) is 0 Å². The van der Waals surface area contributed by atoms with E-state index < -0.39 is 54.3 Å². The molecule has 0 bridgehead atoms. The molecule has 149 valence electrons. The molecule has 13 heteroatoms. The smallest absolute Gasteiger partial charge is 0.548 e. The Labute approximate surface area is 155 Å². The van der Waals surface area contributed by atoms with Crippen molar-refractivity contribution >= 4 is 17.9 Å². The number of aliphatic carboxylic acids is 3. The van der Waals surface area contributed by atoms with Crippen LogP contribution >= 0.6 is 0 Å². The second-order valence-electron chi connectivity index (χ2n) is 4.76. The van der Waals surface area contributed by atoms with Crippen molar-refractivity contribution < 1.29 is 62.1 Å². The Morgan fingerprint density at radius 1 is 0.640 bits per heavy atom. The first-order valence-corrected chi connectivity index (χ1v) is 6.60. The zero-order chi connectivity index (χ0) is 20.2. The number of carbonyl (C=O) groups is 3. The van der Waals surface area contributed by atoms with E-state index in [1.165, 1.54) is 20.8 Å². The maximum absolute atomic E-state index is 9.74. The van der Waals surface area contributed by atoms with E-state index >= 15 is 0 Å². The zero-order valence-electron chi connectivity index (χ0n) is 13.8. The normalized spacial score (nSPS) is 16.7. The van der Waals surface area contributed by atoms with Gasteiger partial charge in [0.2, 0.25) is 0 Å². The quantitative estimate of drug-likeness (QED) is 0.223. The summed E-state index contributed by atoms with van der Waals surface area (Å²) in [6, 6.07) is -3.81. The molecule has 0 spiro atoms. The molecule has 0 heterocycles. The van der Waals surface area contributed by atoms with Crippen LogP contribution in [0, 0.1) is 0 Å². The van der Waals surface area contributed by atoms with Crippen LogP contribution in [0.4, 0.5) is 0 Å². The molecule has 0 aromatic heterocycles. The van der Waals surface area contributed by atoms with Crippen molar-refractivity contribution in [3.8, 4) is 0 Å². The van der Waals surface area contributed by atoms with Gasteiger partial charge in [0, 0.05) is 0 Å². The fourth-order valence-electron chi connectivity index (χ4n) is 0.591. The first-order valence-electron chi connectivity index (χ1n) is 6.60. The van der Waals surface area contributed by atoms with Crippen LogP contribution in [0.5, 0.6) is 0 Å². The number of aliphatic hydroxyl groups excluding tert-OH is 3. The zero-order valence-corrected chi connectivity index (χ0v) is 14.9. The molecule has 0 rings (SSSR count). The molecule has 0 fully saturated rings. The summed E-state index contributed by atoms with van der Waals surface area (Å²) in [5, 5.41) is 54.6. The molecule has 0 aliphatic rings. The van der Waals surface area contributed by atoms with Gasteiger partial charge in [0.1, 0.15) is 0 Å². The van der Waals surface area contributed by atoms with E-state index in [-0.39, 0.29) is 17.1 Å². The van der Waals surface area contributed by atoms with E-state index in [1.54, 1.807) is 0 Å². The molecule has 0 saturated heterocycles. The van der Waals surface area contributed by atoms with E-state index in [0.717, 1.165) is 0 Å². The van der Waals surface area contributed by atoms with Gasteiger partial charge in [-0.15, -0.1) is 0 Å². The van der Waals surface area contributed by atoms with Gasteiger partial charge in [-0.3, -0.25) is 0 Å². The third-order valence-corrected chi connectivity index (χ3v) is 2.38. The predicted molar refractivity (Wildman–Crippen MR) is 74.0 cm³/mol. The van der Waals surface area contributed by atoms with Gasteiger partial charge in [-0.05, 0) is 20.8 Å². The fourth-order valence-corrected chi connectivity index (χ4v) is 0.591. The van der Waals surface area contributed by atoms with Crippen molar-refractivity contribution in [1.29, 1.82) is 0 Å². The second kappa shape index (κ2) is 16.2. The molecule has 0 unspecified atom stereocenters. The molecule has 25 heavy (non-hydrogen) atoms. The molecular weight excluding hydrogens is 386 g/mol. The van der Waals surface area contributed by atoms with E-state index in [4.69, 9.17) is 32.5 Å². The maximum Gasteiger partial charge on any atom is 3.00 e. The molecule has 0 aromatic rings. The average molecular weight is 410 g/mol. The number of carboxylic acids is 3. The molecule has 12 nitrogen and oxygen atoms in total. The Bertz CT molecular complexity index is 337. The third-order valence-electron chi connectivity index (χ3n) is 2.38. The number of carbonyl (C=O) groups excluding carboxylic acids is 3. The van der Waals surface area contributed by atoms with Gasteiger partial charge in [0.25, 0.3) is 0 Å². The minimum Gasteiger partial charge on any atom is -0.548 e. The van der Waals surface area contributed by atoms with Crippen LogP contribution < -0.4 is 32.5 Å². The van der Waals surface area contributed by atoms with Gasteiger partial charge >= 0.3 is 17.1 Å². The van der Waals surface area contributed by atoms with Crippen LogP contribution in [0.3, 0.4) is 0 Å². The molecule has 0 aliphatic heterocycles. The molecular formula is C12H24FeN3O9. The van der Waals surface area contributed by atoms with Crippen molar-refractivity contribution in [3.63, 3.8) is 0 Å². The Morgan fingerprint density at radius 3 is 0.760 bits per heavy atom. The summed E-state index contributed by atoms with van der Waals surface area (Å²) < 4.78 is 0. The molecule has 9 N–H and O–H groups in total. The number of rotatable bonds is 6. The minimum absolute atomic E-state index is 0. The van der Waals surface area contributed by atoms with Crippen LogP contribution in [0.2, 0.25) is 0 Å². The minimum atomic E-state index is -1.43. The largest absolute Gasteiger partial charge is 3.00 e. The maximum atomic E-state index is 9.74. The number of hydrogen-bond acceptors (Lipinski definition) is 12. The Kier molecular flexibility index (Phi) is 20.4. The average Bonchev–Trinajstić information content (AvgIpc) is 2.45. The van der Waals surface area contributed by atoms with Crippen LogP contribution in [0.25, 0.3) is 0 Å². The first kappa shape index (κ1) is 31.5. The summed E-state index contributed by atoms with van der Waals surface area (Å²) in [7, 11) is 0. The number of aliphatic hydroxyl groups is 3. The van der Waals surface area contributed by atoms with E-state index in [2.05, 4.69) is 0 Å². The summed E-state index contributed by atoms with van der Waals surface area (Å²) in [6.45, 7) is 3.88. The third kappa shape index (κ3) is 18.9. The number of hydrogen-bond donors (Lipinski definition) is 6. The van der Waals surface area contributed by atoms with Gasteiger partial charge in [-0.1, -0.05) is 0 Å². The molecule has 6 atom stereocenters. The SMILES string of the molecule is C[C@@H](O)[C@H](N)C(=O)[O-].C[C@@H](O)[C@H](N)C(=O)[O-].C[C@@H](O)[C@H](N)C(=O)[O-].[Fe+3]. The summed E-state index contributed by atoms with van der Waals surface area (Å²) in [5.41, 5.74) is 14.5. The number of carboxylic acid groups (broad SMARTS) is 3. The van der Waals surface area contributed by atoms with Crippen LogP contribution in [0.1, 0.15) is 20.8 Å². The van der Waals surface area contributed by atoms with E-state index in [9.17, 15) is 29.7 Å². The van der Waals surface area contributed by atoms with Crippen molar-refractivity contribution in [3.05, 3.63) is 0 Å². The van der Waals surface area contributed by atoms with E-state index in [0.29, 0.717) is 0 Å². The van der Waals surface area contributed by atoms with Crippen LogP contribution in [-0.2, 0) is 31.5 Å². The Hall–Kier alpha value is -1.31. The van der Waals surface area contributed by atoms with E-state index in [1.807, 2.05) is 0 Å². The van der Waals surface area contributed by atoms with Crippen molar-refractivity contribution in [2.45, 2.75) is 57.2 Å². The Balaban J connectivity index is -0.000000130. The summed E-state index contributed by atoms with van der Waals surface area (Å²) in [5.74, 6) is -4.29. The first-order chi connectivity index (χ1) is 10.7. The summed E-state index contributed by atoms with van der Waals surface area (Å²) in [4.78, 5) is 29.2.